The number of hydrogen-bond donors (Lipinski definition) is 1. The van der Waals surface area contributed by atoms with Gasteiger partial charge in [0, 0.05) is 17.0 Å². The summed E-state index contributed by atoms with van der Waals surface area (Å²) in [7, 11) is 0. The second-order valence-corrected chi connectivity index (χ2v) is 6.71. The van der Waals surface area contributed by atoms with E-state index in [1.165, 1.54) is 12.3 Å². The molecular weight excluding hydrogens is 308 g/mol. The van der Waals surface area contributed by atoms with Crippen LogP contribution in [0.5, 0.6) is 0 Å². The normalized spacial score (nSPS) is 24.0. The monoisotopic (exact) mass is 327 g/mol. The lowest BCUT2D eigenvalue weighted by Gasteiger charge is -2.24. The van der Waals surface area contributed by atoms with Crippen molar-refractivity contribution < 1.29 is 9.68 Å². The van der Waals surface area contributed by atoms with Crippen molar-refractivity contribution in [3.63, 3.8) is 0 Å². The highest BCUT2D eigenvalue weighted by atomic mass is 35.5. The second kappa shape index (κ2) is 5.66. The fraction of sp³-hybridized carbons (Fsp3) is 0.316. The third-order valence-electron chi connectivity index (χ3n) is 4.85. The maximum atomic E-state index is 11.5. The molecule has 2 aromatic rings. The predicted octanol–water partition coefficient (Wildman–Crippen LogP) is 3.60. The molecule has 0 radical (unpaired) electrons. The molecule has 2 aromatic carbocycles. The first-order valence-corrected chi connectivity index (χ1v) is 8.51. The van der Waals surface area contributed by atoms with Gasteiger partial charge in [-0.05, 0) is 37.1 Å². The average molecular weight is 328 g/mol. The Bertz CT molecular complexity index is 742. The summed E-state index contributed by atoms with van der Waals surface area (Å²) >= 11 is 6.01. The lowest BCUT2D eigenvalue weighted by Crippen LogP contribution is -2.41. The van der Waals surface area contributed by atoms with Crippen molar-refractivity contribution in [2.24, 2.45) is 0 Å². The van der Waals surface area contributed by atoms with Gasteiger partial charge in [0.2, 0.25) is 0 Å². The number of halogens is 1. The third kappa shape index (κ3) is 2.44. The summed E-state index contributed by atoms with van der Waals surface area (Å²) in [4.78, 5) is 2.26. The molecule has 0 spiro atoms. The zero-order chi connectivity index (χ0) is 15.9. The molecule has 0 amide bonds. The standard InChI is InChI=1S/C19H20ClN2O/c20-16-11-9-15(10-12-16)19(23)14-21(17-6-2-1-3-7-17)18-8-4-5-13-22(18)19/h1-3,6-7,9-12,23H,4-5,8,13-14H2/q+1. The predicted molar refractivity (Wildman–Crippen MR) is 93.1 cm³/mol. The van der Waals surface area contributed by atoms with Crippen LogP contribution in [0.3, 0.4) is 0 Å². The van der Waals surface area contributed by atoms with Gasteiger partial charge in [-0.1, -0.05) is 41.9 Å². The van der Waals surface area contributed by atoms with Gasteiger partial charge in [0.25, 0.3) is 11.6 Å². The first-order valence-electron chi connectivity index (χ1n) is 8.13. The number of nitrogens with zero attached hydrogens (tertiary/aromatic N) is 2. The third-order valence-corrected chi connectivity index (χ3v) is 5.11. The van der Waals surface area contributed by atoms with Crippen LogP contribution in [0.4, 0.5) is 5.69 Å². The SMILES string of the molecule is OC1(c2ccc(Cl)cc2)CN(c2ccccc2)C2=[N+]1CCCC2. The summed E-state index contributed by atoms with van der Waals surface area (Å²) in [5.41, 5.74) is 1.05. The van der Waals surface area contributed by atoms with Gasteiger partial charge in [0.1, 0.15) is 5.69 Å². The first-order chi connectivity index (χ1) is 11.2. The smallest absolute Gasteiger partial charge is 0.271 e. The van der Waals surface area contributed by atoms with Crippen molar-refractivity contribution in [1.82, 2.24) is 0 Å². The van der Waals surface area contributed by atoms with Gasteiger partial charge in [-0.15, -0.1) is 0 Å². The van der Waals surface area contributed by atoms with E-state index in [-0.39, 0.29) is 0 Å². The van der Waals surface area contributed by atoms with Crippen molar-refractivity contribution in [3.8, 4) is 0 Å². The largest absolute Gasteiger partial charge is 0.346 e. The van der Waals surface area contributed by atoms with Crippen molar-refractivity contribution in [3.05, 3.63) is 65.2 Å². The maximum Gasteiger partial charge on any atom is 0.271 e. The van der Waals surface area contributed by atoms with Crippen LogP contribution in [-0.2, 0) is 5.72 Å². The molecule has 4 heteroatoms. The zero-order valence-electron chi connectivity index (χ0n) is 13.0. The summed E-state index contributed by atoms with van der Waals surface area (Å²) in [6.45, 7) is 1.44. The Labute approximate surface area is 141 Å². The molecule has 4 rings (SSSR count). The van der Waals surface area contributed by atoms with E-state index in [0.29, 0.717) is 11.6 Å². The van der Waals surface area contributed by atoms with E-state index in [4.69, 9.17) is 11.6 Å². The molecule has 1 unspecified atom stereocenters. The zero-order valence-corrected chi connectivity index (χ0v) is 13.7. The number of amidine groups is 1. The van der Waals surface area contributed by atoms with Crippen LogP contribution >= 0.6 is 11.6 Å². The van der Waals surface area contributed by atoms with Crippen molar-refractivity contribution in [2.75, 3.05) is 18.0 Å². The quantitative estimate of drug-likeness (QED) is 0.853. The Balaban J connectivity index is 1.80. The van der Waals surface area contributed by atoms with E-state index < -0.39 is 5.72 Å². The number of β-amino-alcohol motifs (C(OH)–C–C–N with tert-alkyl or cyclic N) is 1. The summed E-state index contributed by atoms with van der Waals surface area (Å²) < 4.78 is 2.17. The van der Waals surface area contributed by atoms with Crippen molar-refractivity contribution >= 4 is 23.1 Å². The Morgan fingerprint density at radius 3 is 2.48 bits per heavy atom. The highest BCUT2D eigenvalue weighted by Gasteiger charge is 2.52. The molecule has 23 heavy (non-hydrogen) atoms. The van der Waals surface area contributed by atoms with Crippen LogP contribution in [-0.4, -0.2) is 28.6 Å². The molecule has 2 heterocycles. The van der Waals surface area contributed by atoms with Gasteiger partial charge in [0.15, 0.2) is 6.54 Å². The van der Waals surface area contributed by atoms with E-state index >= 15 is 0 Å². The first kappa shape index (κ1) is 14.7. The Kier molecular flexibility index (Phi) is 3.63. The van der Waals surface area contributed by atoms with Crippen molar-refractivity contribution in [2.45, 2.75) is 25.0 Å². The maximum absolute atomic E-state index is 11.5. The summed E-state index contributed by atoms with van der Waals surface area (Å²) in [5, 5.41) is 12.2. The highest BCUT2D eigenvalue weighted by Crippen LogP contribution is 2.35. The fourth-order valence-corrected chi connectivity index (χ4v) is 3.83. The molecule has 0 saturated carbocycles. The minimum absolute atomic E-state index is 0.550. The van der Waals surface area contributed by atoms with E-state index in [9.17, 15) is 5.11 Å². The highest BCUT2D eigenvalue weighted by molar-refractivity contribution is 6.30. The van der Waals surface area contributed by atoms with Gasteiger partial charge in [-0.3, -0.25) is 0 Å². The van der Waals surface area contributed by atoms with E-state index in [1.807, 2.05) is 42.5 Å². The molecule has 0 bridgehead atoms. The van der Waals surface area contributed by atoms with Crippen LogP contribution in [0, 0.1) is 0 Å². The lowest BCUT2D eigenvalue weighted by atomic mass is 10.0. The van der Waals surface area contributed by atoms with Gasteiger partial charge in [-0.2, -0.15) is 0 Å². The average Bonchev–Trinajstić information content (AvgIpc) is 2.91. The molecule has 3 nitrogen and oxygen atoms in total. The Morgan fingerprint density at radius 2 is 1.74 bits per heavy atom. The van der Waals surface area contributed by atoms with Crippen LogP contribution in [0.15, 0.2) is 54.6 Å². The molecule has 2 aliphatic heterocycles. The van der Waals surface area contributed by atoms with Crippen LogP contribution in [0.1, 0.15) is 24.8 Å². The molecular formula is C19H20ClN2O+. The van der Waals surface area contributed by atoms with Gasteiger partial charge < -0.3 is 5.11 Å². The molecule has 0 fully saturated rings. The lowest BCUT2D eigenvalue weighted by molar-refractivity contribution is -0.661. The van der Waals surface area contributed by atoms with Gasteiger partial charge in [0.05, 0.1) is 6.54 Å². The second-order valence-electron chi connectivity index (χ2n) is 6.27. The van der Waals surface area contributed by atoms with Crippen LogP contribution in [0.25, 0.3) is 0 Å². The molecule has 118 valence electrons. The topological polar surface area (TPSA) is 26.5 Å². The van der Waals surface area contributed by atoms with Gasteiger partial charge >= 0.3 is 0 Å². The molecule has 0 aliphatic carbocycles. The van der Waals surface area contributed by atoms with Crippen molar-refractivity contribution in [1.29, 1.82) is 0 Å². The summed E-state index contributed by atoms with van der Waals surface area (Å²) in [6, 6.07) is 17.9. The summed E-state index contributed by atoms with van der Waals surface area (Å²) in [5.74, 6) is 1.22. The van der Waals surface area contributed by atoms with E-state index in [1.54, 1.807) is 0 Å². The Morgan fingerprint density at radius 1 is 1.00 bits per heavy atom. The molecule has 0 aromatic heterocycles. The number of aliphatic hydroxyl groups is 1. The fourth-order valence-electron chi connectivity index (χ4n) is 3.71. The molecule has 0 saturated heterocycles. The Hall–Kier alpha value is -1.84. The number of anilines is 1. The summed E-state index contributed by atoms with van der Waals surface area (Å²) in [6.07, 6.45) is 3.29. The number of hydrogen-bond acceptors (Lipinski definition) is 2. The molecule has 2 aliphatic rings. The number of benzene rings is 2. The van der Waals surface area contributed by atoms with Crippen LogP contribution < -0.4 is 4.90 Å². The minimum Gasteiger partial charge on any atom is -0.346 e. The molecule has 1 atom stereocenters. The van der Waals surface area contributed by atoms with E-state index in [0.717, 1.165) is 30.6 Å². The minimum atomic E-state index is -0.990. The molecule has 1 N–H and O–H groups in total. The van der Waals surface area contributed by atoms with E-state index in [2.05, 4.69) is 21.6 Å². The van der Waals surface area contributed by atoms with Crippen LogP contribution in [0.2, 0.25) is 5.02 Å². The number of rotatable bonds is 2. The number of para-hydroxylation sites is 1. The van der Waals surface area contributed by atoms with Gasteiger partial charge in [-0.25, -0.2) is 9.48 Å².